The highest BCUT2D eigenvalue weighted by atomic mass is 32.1. The number of aromatic nitrogens is 2. The molecule has 1 saturated carbocycles. The second-order valence-electron chi connectivity index (χ2n) is 5.54. The van der Waals surface area contributed by atoms with E-state index in [1.165, 1.54) is 18.4 Å². The lowest BCUT2D eigenvalue weighted by Crippen LogP contribution is -2.09. The second-order valence-corrected chi connectivity index (χ2v) is 5.96. The van der Waals surface area contributed by atoms with E-state index >= 15 is 0 Å². The lowest BCUT2D eigenvalue weighted by Gasteiger charge is -2.20. The lowest BCUT2D eigenvalue weighted by atomic mass is 10.0. The van der Waals surface area contributed by atoms with Crippen LogP contribution >= 0.6 is 12.2 Å². The molecule has 1 aromatic carbocycles. The van der Waals surface area contributed by atoms with Crippen molar-refractivity contribution >= 4 is 12.2 Å². The normalized spacial score (nSPS) is 17.4. The van der Waals surface area contributed by atoms with Crippen LogP contribution < -0.4 is 4.74 Å². The van der Waals surface area contributed by atoms with Crippen molar-refractivity contribution in [2.24, 2.45) is 0 Å². The number of ether oxygens (including phenoxy) is 1. The van der Waals surface area contributed by atoms with Crippen LogP contribution in [-0.4, -0.2) is 16.6 Å². The van der Waals surface area contributed by atoms with Crippen LogP contribution in [0.4, 0.5) is 0 Å². The number of H-pyrrole nitrogens is 1. The SMILES string of the molecule is S=c1cc(-c2cccc3c2OCCC3)[nH]c(C2CC2)n1. The number of nitrogens with one attached hydrogen (secondary N) is 1. The van der Waals surface area contributed by atoms with Gasteiger partial charge in [-0.05, 0) is 43.4 Å². The van der Waals surface area contributed by atoms with Crippen molar-refractivity contribution in [1.29, 1.82) is 0 Å². The van der Waals surface area contributed by atoms with Crippen LogP contribution in [0.3, 0.4) is 0 Å². The van der Waals surface area contributed by atoms with Gasteiger partial charge in [0.05, 0.1) is 12.3 Å². The Kier molecular flexibility index (Phi) is 2.84. The van der Waals surface area contributed by atoms with Gasteiger partial charge in [0.2, 0.25) is 0 Å². The highest BCUT2D eigenvalue weighted by Crippen LogP contribution is 2.40. The predicted molar refractivity (Wildman–Crippen MR) is 80.6 cm³/mol. The van der Waals surface area contributed by atoms with Crippen molar-refractivity contribution in [2.45, 2.75) is 31.6 Å². The molecule has 2 aromatic rings. The smallest absolute Gasteiger partial charge is 0.131 e. The third-order valence-corrected chi connectivity index (χ3v) is 4.16. The predicted octanol–water partition coefficient (Wildman–Crippen LogP) is 4.01. The topological polar surface area (TPSA) is 37.9 Å². The molecule has 0 unspecified atom stereocenters. The zero-order valence-corrected chi connectivity index (χ0v) is 12.0. The minimum atomic E-state index is 0.567. The summed E-state index contributed by atoms with van der Waals surface area (Å²) in [7, 11) is 0. The minimum absolute atomic E-state index is 0.567. The number of aromatic amines is 1. The van der Waals surface area contributed by atoms with Crippen molar-refractivity contribution in [3.8, 4) is 17.0 Å². The van der Waals surface area contributed by atoms with E-state index in [2.05, 4.69) is 28.2 Å². The van der Waals surface area contributed by atoms with Crippen molar-refractivity contribution in [1.82, 2.24) is 9.97 Å². The molecule has 1 aliphatic carbocycles. The number of benzene rings is 1. The first-order valence-corrected chi connectivity index (χ1v) is 7.58. The monoisotopic (exact) mass is 284 g/mol. The molecule has 1 fully saturated rings. The first-order chi connectivity index (χ1) is 9.81. The Bertz CT molecular complexity index is 719. The zero-order chi connectivity index (χ0) is 13.5. The number of fused-ring (bicyclic) bond motifs is 1. The van der Waals surface area contributed by atoms with Crippen LogP contribution in [-0.2, 0) is 6.42 Å². The molecule has 4 rings (SSSR count). The molecular weight excluding hydrogens is 268 g/mol. The van der Waals surface area contributed by atoms with Crippen LogP contribution in [0, 0.1) is 4.64 Å². The maximum absolute atomic E-state index is 5.89. The van der Waals surface area contributed by atoms with Crippen molar-refractivity contribution in [2.75, 3.05) is 6.61 Å². The van der Waals surface area contributed by atoms with Crippen LogP contribution in [0.5, 0.6) is 5.75 Å². The summed E-state index contributed by atoms with van der Waals surface area (Å²) in [6.45, 7) is 0.797. The summed E-state index contributed by atoms with van der Waals surface area (Å²) >= 11 is 5.32. The fourth-order valence-electron chi connectivity index (χ4n) is 2.77. The Hall–Kier alpha value is -1.68. The van der Waals surface area contributed by atoms with E-state index in [9.17, 15) is 0 Å². The summed E-state index contributed by atoms with van der Waals surface area (Å²) in [5, 5.41) is 0. The molecule has 0 radical (unpaired) electrons. The Labute approximate surface area is 123 Å². The van der Waals surface area contributed by atoms with Gasteiger partial charge < -0.3 is 9.72 Å². The molecule has 1 N–H and O–H groups in total. The summed E-state index contributed by atoms with van der Waals surface area (Å²) in [4.78, 5) is 7.91. The van der Waals surface area contributed by atoms with Gasteiger partial charge in [-0.2, -0.15) is 0 Å². The summed E-state index contributed by atoms with van der Waals surface area (Å²) in [5.74, 6) is 2.61. The van der Waals surface area contributed by atoms with E-state index in [0.717, 1.165) is 42.3 Å². The molecule has 20 heavy (non-hydrogen) atoms. The summed E-state index contributed by atoms with van der Waals surface area (Å²) in [6.07, 6.45) is 4.61. The Balaban J connectivity index is 1.86. The first-order valence-electron chi connectivity index (χ1n) is 7.17. The number of nitrogens with zero attached hydrogens (tertiary/aromatic N) is 1. The fraction of sp³-hybridized carbons (Fsp3) is 0.375. The third-order valence-electron chi connectivity index (χ3n) is 3.95. The van der Waals surface area contributed by atoms with Crippen LogP contribution in [0.25, 0.3) is 11.3 Å². The Morgan fingerprint density at radius 3 is 3.05 bits per heavy atom. The molecule has 0 bridgehead atoms. The lowest BCUT2D eigenvalue weighted by molar-refractivity contribution is 0.289. The molecular formula is C16H16N2OS. The van der Waals surface area contributed by atoms with Crippen molar-refractivity contribution in [3.63, 3.8) is 0 Å². The van der Waals surface area contributed by atoms with E-state index in [4.69, 9.17) is 17.0 Å². The fourth-order valence-corrected chi connectivity index (χ4v) is 2.99. The summed E-state index contributed by atoms with van der Waals surface area (Å²) in [5.41, 5.74) is 3.43. The highest BCUT2D eigenvalue weighted by molar-refractivity contribution is 7.71. The molecule has 0 spiro atoms. The summed E-state index contributed by atoms with van der Waals surface area (Å²) < 4.78 is 6.55. The quantitative estimate of drug-likeness (QED) is 0.847. The standard InChI is InChI=1S/C16H16N2OS/c20-14-9-13(17-16(18-14)11-6-7-11)12-5-1-3-10-4-2-8-19-15(10)12/h1,3,5,9,11H,2,4,6-8H2,(H,17,18,20). The zero-order valence-electron chi connectivity index (χ0n) is 11.2. The number of para-hydroxylation sites is 1. The van der Waals surface area contributed by atoms with Crippen molar-refractivity contribution in [3.05, 3.63) is 40.3 Å². The molecule has 102 valence electrons. The molecule has 4 heteroatoms. The van der Waals surface area contributed by atoms with Crippen LogP contribution in [0.2, 0.25) is 0 Å². The van der Waals surface area contributed by atoms with Crippen molar-refractivity contribution < 1.29 is 4.74 Å². The van der Waals surface area contributed by atoms with Gasteiger partial charge in [-0.1, -0.05) is 24.4 Å². The van der Waals surface area contributed by atoms with E-state index in [1.54, 1.807) is 0 Å². The van der Waals surface area contributed by atoms with Gasteiger partial charge in [0, 0.05) is 11.5 Å². The number of rotatable bonds is 2. The van der Waals surface area contributed by atoms with Gasteiger partial charge >= 0.3 is 0 Å². The molecule has 1 aromatic heterocycles. The highest BCUT2D eigenvalue weighted by Gasteiger charge is 2.26. The molecule has 2 aliphatic rings. The molecule has 0 atom stereocenters. The number of hydrogen-bond acceptors (Lipinski definition) is 3. The number of hydrogen-bond donors (Lipinski definition) is 1. The average molecular weight is 284 g/mol. The van der Waals surface area contributed by atoms with Gasteiger partial charge in [-0.3, -0.25) is 0 Å². The molecule has 2 heterocycles. The van der Waals surface area contributed by atoms with Crippen LogP contribution in [0.15, 0.2) is 24.3 Å². The van der Waals surface area contributed by atoms with E-state index in [-0.39, 0.29) is 0 Å². The van der Waals surface area contributed by atoms with Gasteiger partial charge in [0.1, 0.15) is 16.2 Å². The maximum Gasteiger partial charge on any atom is 0.131 e. The Morgan fingerprint density at radius 2 is 2.20 bits per heavy atom. The minimum Gasteiger partial charge on any atom is -0.493 e. The second kappa shape index (κ2) is 4.70. The van der Waals surface area contributed by atoms with Gasteiger partial charge in [0.15, 0.2) is 0 Å². The van der Waals surface area contributed by atoms with E-state index in [1.807, 2.05) is 6.07 Å². The Morgan fingerprint density at radius 1 is 1.30 bits per heavy atom. The van der Waals surface area contributed by atoms with E-state index in [0.29, 0.717) is 10.6 Å². The molecule has 0 amide bonds. The van der Waals surface area contributed by atoms with Crippen LogP contribution in [0.1, 0.15) is 36.6 Å². The third kappa shape index (κ3) is 2.14. The largest absolute Gasteiger partial charge is 0.493 e. The molecule has 3 nitrogen and oxygen atoms in total. The van der Waals surface area contributed by atoms with Gasteiger partial charge in [-0.25, -0.2) is 4.98 Å². The first kappa shape index (κ1) is 12.1. The van der Waals surface area contributed by atoms with Gasteiger partial charge in [0.25, 0.3) is 0 Å². The van der Waals surface area contributed by atoms with Gasteiger partial charge in [-0.15, -0.1) is 0 Å². The number of aryl methyl sites for hydroxylation is 1. The molecule has 0 saturated heterocycles. The van der Waals surface area contributed by atoms with E-state index < -0.39 is 0 Å². The average Bonchev–Trinajstić information content (AvgIpc) is 3.30. The maximum atomic E-state index is 5.89. The summed E-state index contributed by atoms with van der Waals surface area (Å²) in [6, 6.07) is 8.28. The molecule has 1 aliphatic heterocycles.